The Morgan fingerprint density at radius 3 is 2.35 bits per heavy atom. The van der Waals surface area contributed by atoms with Crippen molar-refractivity contribution in [3.8, 4) is 0 Å². The van der Waals surface area contributed by atoms with Gasteiger partial charge < -0.3 is 15.4 Å². The summed E-state index contributed by atoms with van der Waals surface area (Å²) in [5, 5.41) is 6.20. The average molecular weight is 508 g/mol. The van der Waals surface area contributed by atoms with E-state index in [0.717, 1.165) is 0 Å². The van der Waals surface area contributed by atoms with Gasteiger partial charge >= 0.3 is 0 Å². The molecule has 2 N–H and O–H groups in total. The molecule has 0 aliphatic carbocycles. The Hall–Kier alpha value is -2.46. The van der Waals surface area contributed by atoms with Gasteiger partial charge in [-0.25, -0.2) is 8.42 Å². The summed E-state index contributed by atoms with van der Waals surface area (Å²) in [6.45, 7) is 1.45. The fraction of sp³-hybridized carbons (Fsp3) is 0.417. The van der Waals surface area contributed by atoms with E-state index in [0.29, 0.717) is 43.0 Å². The summed E-state index contributed by atoms with van der Waals surface area (Å²) in [5.74, 6) is -0.819. The molecule has 1 saturated heterocycles. The van der Waals surface area contributed by atoms with Crippen molar-refractivity contribution in [1.82, 2.24) is 14.9 Å². The SMILES string of the molecule is COCCCNC(=O)C(NC(=O)c1ccccc1)C1CCN(S(=O)(=O)c2ccc(Cl)cc2)CC1. The molecule has 2 aromatic rings. The second-order valence-corrected chi connectivity index (χ2v) is 10.5. The molecule has 0 saturated carbocycles. The van der Waals surface area contributed by atoms with E-state index in [9.17, 15) is 18.0 Å². The Balaban J connectivity index is 1.69. The zero-order valence-electron chi connectivity index (χ0n) is 19.1. The van der Waals surface area contributed by atoms with Crippen LogP contribution in [-0.2, 0) is 19.6 Å². The lowest BCUT2D eigenvalue weighted by Crippen LogP contribution is -2.54. The van der Waals surface area contributed by atoms with Gasteiger partial charge in [0, 0.05) is 43.9 Å². The lowest BCUT2D eigenvalue weighted by Gasteiger charge is -2.35. The molecule has 1 heterocycles. The van der Waals surface area contributed by atoms with Crippen molar-refractivity contribution < 1.29 is 22.7 Å². The molecule has 1 aliphatic heterocycles. The third kappa shape index (κ3) is 6.79. The number of carbonyl (C=O) groups excluding carboxylic acids is 2. The van der Waals surface area contributed by atoms with Gasteiger partial charge in [-0.05, 0) is 61.6 Å². The van der Waals surface area contributed by atoms with Gasteiger partial charge in [-0.15, -0.1) is 0 Å². The largest absolute Gasteiger partial charge is 0.385 e. The van der Waals surface area contributed by atoms with E-state index in [2.05, 4.69) is 10.6 Å². The lowest BCUT2D eigenvalue weighted by molar-refractivity contribution is -0.124. The van der Waals surface area contributed by atoms with Crippen LogP contribution < -0.4 is 10.6 Å². The number of rotatable bonds is 10. The molecule has 2 amide bonds. The maximum absolute atomic E-state index is 13.0. The maximum atomic E-state index is 13.0. The lowest BCUT2D eigenvalue weighted by atomic mass is 9.89. The van der Waals surface area contributed by atoms with E-state index in [-0.39, 0.29) is 35.7 Å². The molecule has 2 aromatic carbocycles. The molecule has 3 rings (SSSR count). The number of hydrogen-bond donors (Lipinski definition) is 2. The fourth-order valence-electron chi connectivity index (χ4n) is 3.95. The van der Waals surface area contributed by atoms with Crippen LogP contribution in [0.15, 0.2) is 59.5 Å². The number of methoxy groups -OCH3 is 1. The molecule has 8 nitrogen and oxygen atoms in total. The first-order valence-corrected chi connectivity index (χ1v) is 13.0. The topological polar surface area (TPSA) is 105 Å². The number of benzene rings is 2. The third-order valence-corrected chi connectivity index (χ3v) is 8.02. The molecule has 10 heteroatoms. The molecule has 184 valence electrons. The van der Waals surface area contributed by atoms with Crippen molar-refractivity contribution in [2.24, 2.45) is 5.92 Å². The van der Waals surface area contributed by atoms with E-state index in [1.54, 1.807) is 43.5 Å². The molecule has 1 unspecified atom stereocenters. The summed E-state index contributed by atoms with van der Waals surface area (Å²) in [6.07, 6.45) is 1.54. The van der Waals surface area contributed by atoms with Crippen LogP contribution in [0.25, 0.3) is 0 Å². The van der Waals surface area contributed by atoms with E-state index in [1.165, 1.54) is 16.4 Å². The third-order valence-electron chi connectivity index (χ3n) is 5.85. The number of hydrogen-bond acceptors (Lipinski definition) is 5. The fourth-order valence-corrected chi connectivity index (χ4v) is 5.55. The zero-order valence-corrected chi connectivity index (χ0v) is 20.6. The number of nitrogens with one attached hydrogen (secondary N) is 2. The van der Waals surface area contributed by atoms with E-state index in [1.807, 2.05) is 6.07 Å². The van der Waals surface area contributed by atoms with Gasteiger partial charge in [-0.3, -0.25) is 9.59 Å². The van der Waals surface area contributed by atoms with E-state index < -0.39 is 16.1 Å². The number of amides is 2. The van der Waals surface area contributed by atoms with Gasteiger partial charge in [0.05, 0.1) is 4.90 Å². The smallest absolute Gasteiger partial charge is 0.251 e. The van der Waals surface area contributed by atoms with Gasteiger partial charge in [0.1, 0.15) is 6.04 Å². The minimum Gasteiger partial charge on any atom is -0.385 e. The molecular weight excluding hydrogens is 478 g/mol. The predicted molar refractivity (Wildman–Crippen MR) is 130 cm³/mol. The van der Waals surface area contributed by atoms with Crippen LogP contribution in [0.2, 0.25) is 5.02 Å². The number of halogens is 1. The molecule has 0 radical (unpaired) electrons. The molecule has 0 aromatic heterocycles. The standard InChI is InChI=1S/C24H30ClN3O5S/c1-33-17-5-14-26-24(30)22(27-23(29)19-6-3-2-4-7-19)18-12-15-28(16-13-18)34(31,32)21-10-8-20(25)9-11-21/h2-4,6-11,18,22H,5,12-17H2,1H3,(H,26,30)(H,27,29). The quantitative estimate of drug-likeness (QED) is 0.481. The van der Waals surface area contributed by atoms with Crippen LogP contribution in [0, 0.1) is 5.92 Å². The maximum Gasteiger partial charge on any atom is 0.251 e. The Morgan fingerprint density at radius 1 is 1.09 bits per heavy atom. The van der Waals surface area contributed by atoms with Crippen LogP contribution in [0.4, 0.5) is 0 Å². The summed E-state index contributed by atoms with van der Waals surface area (Å²) >= 11 is 5.88. The first-order chi connectivity index (χ1) is 16.3. The van der Waals surface area contributed by atoms with Gasteiger partial charge in [-0.2, -0.15) is 4.31 Å². The number of piperidine rings is 1. The van der Waals surface area contributed by atoms with Crippen LogP contribution in [0.3, 0.4) is 0 Å². The predicted octanol–water partition coefficient (Wildman–Crippen LogP) is 2.69. The van der Waals surface area contributed by atoms with Gasteiger partial charge in [0.2, 0.25) is 15.9 Å². The van der Waals surface area contributed by atoms with Gasteiger partial charge in [0.15, 0.2) is 0 Å². The van der Waals surface area contributed by atoms with Crippen molar-refractivity contribution in [1.29, 1.82) is 0 Å². The van der Waals surface area contributed by atoms with Crippen molar-refractivity contribution in [3.05, 3.63) is 65.2 Å². The van der Waals surface area contributed by atoms with Gasteiger partial charge in [-0.1, -0.05) is 29.8 Å². The monoisotopic (exact) mass is 507 g/mol. The first kappa shape index (κ1) is 26.2. The van der Waals surface area contributed by atoms with Crippen LogP contribution in [0.5, 0.6) is 0 Å². The molecule has 34 heavy (non-hydrogen) atoms. The van der Waals surface area contributed by atoms with Crippen molar-refractivity contribution in [3.63, 3.8) is 0 Å². The first-order valence-electron chi connectivity index (χ1n) is 11.2. The highest BCUT2D eigenvalue weighted by atomic mass is 35.5. The Bertz CT molecular complexity index is 1060. The molecule has 1 aliphatic rings. The van der Waals surface area contributed by atoms with Crippen molar-refractivity contribution >= 4 is 33.4 Å². The summed E-state index contributed by atoms with van der Waals surface area (Å²) in [6, 6.07) is 14.0. The summed E-state index contributed by atoms with van der Waals surface area (Å²) in [5.41, 5.74) is 0.461. The second-order valence-electron chi connectivity index (χ2n) is 8.15. The normalized spacial score (nSPS) is 16.1. The number of carbonyl (C=O) groups is 2. The summed E-state index contributed by atoms with van der Waals surface area (Å²) in [7, 11) is -2.07. The summed E-state index contributed by atoms with van der Waals surface area (Å²) in [4.78, 5) is 26.0. The Kier molecular flexibility index (Phi) is 9.46. The highest BCUT2D eigenvalue weighted by Gasteiger charge is 2.36. The molecule has 1 atom stereocenters. The molecule has 0 bridgehead atoms. The number of sulfonamides is 1. The van der Waals surface area contributed by atoms with Crippen LogP contribution in [0.1, 0.15) is 29.6 Å². The molecule has 0 spiro atoms. The highest BCUT2D eigenvalue weighted by Crippen LogP contribution is 2.27. The van der Waals surface area contributed by atoms with Crippen LogP contribution >= 0.6 is 11.6 Å². The second kappa shape index (κ2) is 12.3. The minimum absolute atomic E-state index is 0.181. The van der Waals surface area contributed by atoms with Crippen LogP contribution in [-0.4, -0.2) is 63.9 Å². The summed E-state index contributed by atoms with van der Waals surface area (Å²) < 4.78 is 32.4. The molecular formula is C24H30ClN3O5S. The minimum atomic E-state index is -3.66. The zero-order chi connectivity index (χ0) is 24.6. The Morgan fingerprint density at radius 2 is 1.74 bits per heavy atom. The van der Waals surface area contributed by atoms with Crippen molar-refractivity contribution in [2.75, 3.05) is 33.4 Å². The van der Waals surface area contributed by atoms with Gasteiger partial charge in [0.25, 0.3) is 5.91 Å². The average Bonchev–Trinajstić information content (AvgIpc) is 2.86. The highest BCUT2D eigenvalue weighted by molar-refractivity contribution is 7.89. The molecule has 1 fully saturated rings. The van der Waals surface area contributed by atoms with Crippen molar-refractivity contribution in [2.45, 2.75) is 30.2 Å². The van der Waals surface area contributed by atoms with E-state index in [4.69, 9.17) is 16.3 Å². The number of nitrogens with zero attached hydrogens (tertiary/aromatic N) is 1. The number of ether oxygens (including phenoxy) is 1. The Labute approximate surface area is 205 Å². The van der Waals surface area contributed by atoms with E-state index >= 15 is 0 Å².